The van der Waals surface area contributed by atoms with Crippen molar-refractivity contribution in [2.45, 2.75) is 26.7 Å². The summed E-state index contributed by atoms with van der Waals surface area (Å²) in [6.07, 6.45) is 2.53. The van der Waals surface area contributed by atoms with Crippen LogP contribution in [0.4, 0.5) is 0 Å². The molecule has 1 heteroatoms. The number of hydrogen-bond donors (Lipinski definition) is 0. The van der Waals surface area contributed by atoms with E-state index < -0.39 is 0 Å². The highest BCUT2D eigenvalue weighted by atomic mass is 35.5. The average Bonchev–Trinajstić information content (AvgIpc) is 1.68. The molecule has 1 unspecified atom stereocenters. The molecule has 0 heterocycles. The molecular weight excluding hydrogens is 108 g/mol. The van der Waals surface area contributed by atoms with Crippen LogP contribution in [0.25, 0.3) is 0 Å². The van der Waals surface area contributed by atoms with Crippen LogP contribution >= 0.6 is 11.6 Å². The van der Waals surface area contributed by atoms with E-state index in [4.69, 9.17) is 11.6 Å². The number of rotatable bonds is 3. The molecule has 0 saturated carbocycles. The lowest BCUT2D eigenvalue weighted by molar-refractivity contribution is 0.582. The van der Waals surface area contributed by atoms with E-state index in [0.717, 1.165) is 5.88 Å². The van der Waals surface area contributed by atoms with E-state index in [-0.39, 0.29) is 0 Å². The summed E-state index contributed by atoms with van der Waals surface area (Å²) in [7, 11) is 0. The lowest BCUT2D eigenvalue weighted by atomic mass is 10.1. The fourth-order valence-electron chi connectivity index (χ4n) is 0.570. The fourth-order valence-corrected chi connectivity index (χ4v) is 0.724. The van der Waals surface area contributed by atoms with Crippen LogP contribution in [0.3, 0.4) is 0 Å². The first-order valence-corrected chi connectivity index (χ1v) is 3.40. The molecule has 0 aliphatic heterocycles. The molecule has 0 N–H and O–H groups in total. The summed E-state index contributed by atoms with van der Waals surface area (Å²) in [5, 5.41) is 0. The third-order valence-electron chi connectivity index (χ3n) is 1.04. The summed E-state index contributed by atoms with van der Waals surface area (Å²) in [5.41, 5.74) is 0. The van der Waals surface area contributed by atoms with Gasteiger partial charge in [-0.1, -0.05) is 20.3 Å². The van der Waals surface area contributed by atoms with Crippen LogP contribution in [-0.2, 0) is 0 Å². The van der Waals surface area contributed by atoms with Crippen LogP contribution in [-0.4, -0.2) is 5.88 Å². The maximum Gasteiger partial charge on any atom is 0.0249 e. The lowest BCUT2D eigenvalue weighted by Gasteiger charge is -2.01. The molecule has 0 amide bonds. The van der Waals surface area contributed by atoms with Gasteiger partial charge >= 0.3 is 0 Å². The second kappa shape index (κ2) is 4.45. The fraction of sp³-hybridized carbons (Fsp3) is 1.00. The van der Waals surface area contributed by atoms with Gasteiger partial charge in [-0.25, -0.2) is 0 Å². The molecule has 0 aliphatic rings. The van der Waals surface area contributed by atoms with E-state index in [2.05, 4.69) is 13.8 Å². The SMILES string of the molecule is CCCC(C)CCl. The molecule has 0 radical (unpaired) electrons. The Balaban J connectivity index is 2.83. The molecule has 1 atom stereocenters. The summed E-state index contributed by atoms with van der Waals surface area (Å²) in [4.78, 5) is 0. The zero-order valence-electron chi connectivity index (χ0n) is 5.08. The minimum absolute atomic E-state index is 0.715. The van der Waals surface area contributed by atoms with Crippen molar-refractivity contribution in [3.05, 3.63) is 0 Å². The van der Waals surface area contributed by atoms with Gasteiger partial charge in [-0.2, -0.15) is 0 Å². The zero-order chi connectivity index (χ0) is 5.70. The Kier molecular flexibility index (Phi) is 4.63. The summed E-state index contributed by atoms with van der Waals surface area (Å²) >= 11 is 5.53. The van der Waals surface area contributed by atoms with Crippen molar-refractivity contribution in [2.75, 3.05) is 5.88 Å². The maximum absolute atomic E-state index is 5.53. The first kappa shape index (κ1) is 7.29. The van der Waals surface area contributed by atoms with Gasteiger partial charge in [-0.05, 0) is 12.3 Å². The van der Waals surface area contributed by atoms with Gasteiger partial charge in [0.05, 0.1) is 0 Å². The van der Waals surface area contributed by atoms with Crippen molar-refractivity contribution in [1.82, 2.24) is 0 Å². The van der Waals surface area contributed by atoms with E-state index in [1.54, 1.807) is 0 Å². The summed E-state index contributed by atoms with van der Waals surface area (Å²) < 4.78 is 0. The molecule has 0 fully saturated rings. The second-order valence-electron chi connectivity index (χ2n) is 2.05. The topological polar surface area (TPSA) is 0 Å². The molecular formula is C6H13Cl. The van der Waals surface area contributed by atoms with Crippen LogP contribution < -0.4 is 0 Å². The predicted molar refractivity (Wildman–Crippen MR) is 34.8 cm³/mol. The van der Waals surface area contributed by atoms with Gasteiger partial charge < -0.3 is 0 Å². The first-order valence-electron chi connectivity index (χ1n) is 2.87. The molecule has 7 heavy (non-hydrogen) atoms. The van der Waals surface area contributed by atoms with E-state index in [0.29, 0.717) is 5.92 Å². The van der Waals surface area contributed by atoms with Crippen LogP contribution in [0.2, 0.25) is 0 Å². The molecule has 0 bridgehead atoms. The Morgan fingerprint density at radius 3 is 2.29 bits per heavy atom. The van der Waals surface area contributed by atoms with Crippen molar-refractivity contribution >= 4 is 11.6 Å². The highest BCUT2D eigenvalue weighted by Crippen LogP contribution is 2.05. The number of halogens is 1. The molecule has 0 rings (SSSR count). The van der Waals surface area contributed by atoms with Gasteiger partial charge in [0, 0.05) is 5.88 Å². The van der Waals surface area contributed by atoms with Crippen molar-refractivity contribution in [1.29, 1.82) is 0 Å². The Morgan fingerprint density at radius 1 is 1.57 bits per heavy atom. The molecule has 0 aliphatic carbocycles. The Morgan fingerprint density at radius 2 is 2.14 bits per heavy atom. The summed E-state index contributed by atoms with van der Waals surface area (Å²) in [5.74, 6) is 1.53. The van der Waals surface area contributed by atoms with Crippen molar-refractivity contribution in [3.8, 4) is 0 Å². The maximum atomic E-state index is 5.53. The minimum Gasteiger partial charge on any atom is -0.126 e. The highest BCUT2D eigenvalue weighted by Gasteiger charge is 1.94. The highest BCUT2D eigenvalue weighted by molar-refractivity contribution is 6.18. The third kappa shape index (κ3) is 4.14. The van der Waals surface area contributed by atoms with E-state index in [1.165, 1.54) is 12.8 Å². The monoisotopic (exact) mass is 120 g/mol. The van der Waals surface area contributed by atoms with Crippen LogP contribution in [0.15, 0.2) is 0 Å². The van der Waals surface area contributed by atoms with Gasteiger partial charge in [-0.3, -0.25) is 0 Å². The van der Waals surface area contributed by atoms with E-state index in [1.807, 2.05) is 0 Å². The minimum atomic E-state index is 0.715. The van der Waals surface area contributed by atoms with Gasteiger partial charge in [0.2, 0.25) is 0 Å². The second-order valence-corrected chi connectivity index (χ2v) is 2.36. The Hall–Kier alpha value is 0.290. The molecule has 0 aromatic rings. The van der Waals surface area contributed by atoms with Crippen molar-refractivity contribution < 1.29 is 0 Å². The largest absolute Gasteiger partial charge is 0.126 e. The van der Waals surface area contributed by atoms with Crippen LogP contribution in [0, 0.1) is 5.92 Å². The van der Waals surface area contributed by atoms with Crippen molar-refractivity contribution in [2.24, 2.45) is 5.92 Å². The summed E-state index contributed by atoms with van der Waals surface area (Å²) in [6.45, 7) is 4.36. The normalized spacial score (nSPS) is 14.1. The quantitative estimate of drug-likeness (QED) is 0.503. The molecule has 0 aromatic carbocycles. The van der Waals surface area contributed by atoms with Crippen LogP contribution in [0.1, 0.15) is 26.7 Å². The van der Waals surface area contributed by atoms with Gasteiger partial charge in [0.15, 0.2) is 0 Å². The molecule has 44 valence electrons. The molecule has 0 nitrogen and oxygen atoms in total. The average molecular weight is 121 g/mol. The Bertz CT molecular complexity index is 35.2. The summed E-state index contributed by atoms with van der Waals surface area (Å²) in [6, 6.07) is 0. The number of alkyl halides is 1. The molecule has 0 spiro atoms. The zero-order valence-corrected chi connectivity index (χ0v) is 5.83. The predicted octanol–water partition coefficient (Wildman–Crippen LogP) is 2.66. The van der Waals surface area contributed by atoms with Gasteiger partial charge in [0.1, 0.15) is 0 Å². The van der Waals surface area contributed by atoms with Gasteiger partial charge in [0.25, 0.3) is 0 Å². The number of hydrogen-bond acceptors (Lipinski definition) is 0. The first-order chi connectivity index (χ1) is 3.31. The standard InChI is InChI=1S/C6H13Cl/c1-3-4-6(2)5-7/h6H,3-5H2,1-2H3. The van der Waals surface area contributed by atoms with Crippen molar-refractivity contribution in [3.63, 3.8) is 0 Å². The molecule has 0 saturated heterocycles. The van der Waals surface area contributed by atoms with Crippen LogP contribution in [0.5, 0.6) is 0 Å². The van der Waals surface area contributed by atoms with E-state index in [9.17, 15) is 0 Å². The third-order valence-corrected chi connectivity index (χ3v) is 1.57. The Labute approximate surface area is 50.9 Å². The molecule has 0 aromatic heterocycles. The lowest BCUT2D eigenvalue weighted by Crippen LogP contribution is -1.92. The van der Waals surface area contributed by atoms with Gasteiger partial charge in [-0.15, -0.1) is 11.6 Å². The van der Waals surface area contributed by atoms with E-state index >= 15 is 0 Å². The smallest absolute Gasteiger partial charge is 0.0249 e.